The highest BCUT2D eigenvalue weighted by Gasteiger charge is 2.01. The van der Waals surface area contributed by atoms with Gasteiger partial charge in [0.1, 0.15) is 5.75 Å². The molecule has 0 saturated carbocycles. The summed E-state index contributed by atoms with van der Waals surface area (Å²) in [7, 11) is 0. The Labute approximate surface area is 106 Å². The molecule has 0 unspecified atom stereocenters. The minimum absolute atomic E-state index is 0.589. The normalized spacial score (nSPS) is 9.81. The molecule has 3 heteroatoms. The fourth-order valence-corrected chi connectivity index (χ4v) is 1.80. The van der Waals surface area contributed by atoms with Crippen molar-refractivity contribution in [3.8, 4) is 18.1 Å². The van der Waals surface area contributed by atoms with Crippen molar-refractivity contribution >= 4 is 15.9 Å². The Balaban J connectivity index is 2.57. The van der Waals surface area contributed by atoms with Crippen LogP contribution < -0.4 is 10.1 Å². The van der Waals surface area contributed by atoms with Crippen LogP contribution in [0.1, 0.15) is 18.9 Å². The van der Waals surface area contributed by atoms with Gasteiger partial charge in [-0.05, 0) is 40.0 Å². The molecule has 1 N–H and O–H groups in total. The van der Waals surface area contributed by atoms with Crippen LogP contribution in [0.15, 0.2) is 22.7 Å². The molecule has 0 aliphatic rings. The van der Waals surface area contributed by atoms with Gasteiger partial charge in [-0.1, -0.05) is 18.9 Å². The third kappa shape index (κ3) is 4.26. The summed E-state index contributed by atoms with van der Waals surface area (Å²) in [6.07, 6.45) is 6.17. The molecule has 0 aliphatic heterocycles. The standard InChI is InChI=1S/C13H16BrNO/c1-3-7-15-10-11-5-6-13(12(14)9-11)16-8-4-2/h1,5-6,9,15H,4,7-8,10H2,2H3. The van der Waals surface area contributed by atoms with Crippen LogP contribution in [0.3, 0.4) is 0 Å². The zero-order valence-electron chi connectivity index (χ0n) is 9.42. The van der Waals surface area contributed by atoms with E-state index in [0.717, 1.165) is 29.8 Å². The van der Waals surface area contributed by atoms with Gasteiger partial charge >= 0.3 is 0 Å². The van der Waals surface area contributed by atoms with E-state index in [2.05, 4.69) is 40.2 Å². The van der Waals surface area contributed by atoms with Gasteiger partial charge in [-0.2, -0.15) is 0 Å². The lowest BCUT2D eigenvalue weighted by Crippen LogP contribution is -2.12. The first-order chi connectivity index (χ1) is 7.77. The van der Waals surface area contributed by atoms with E-state index in [1.807, 2.05) is 12.1 Å². The van der Waals surface area contributed by atoms with Gasteiger partial charge in [0.15, 0.2) is 0 Å². The summed E-state index contributed by atoms with van der Waals surface area (Å²) >= 11 is 3.49. The van der Waals surface area contributed by atoms with Gasteiger partial charge in [0, 0.05) is 6.54 Å². The predicted molar refractivity (Wildman–Crippen MR) is 70.5 cm³/mol. The molecule has 0 aliphatic carbocycles. The van der Waals surface area contributed by atoms with Gasteiger partial charge in [-0.15, -0.1) is 6.42 Å². The summed E-state index contributed by atoms with van der Waals surface area (Å²) in [5.74, 6) is 3.44. The largest absolute Gasteiger partial charge is 0.492 e. The Kier molecular flexibility index (Phi) is 5.99. The average Bonchev–Trinajstić information content (AvgIpc) is 2.28. The highest BCUT2D eigenvalue weighted by molar-refractivity contribution is 9.10. The molecule has 1 rings (SSSR count). The van der Waals surface area contributed by atoms with Crippen molar-refractivity contribution in [3.63, 3.8) is 0 Å². The van der Waals surface area contributed by atoms with Crippen LogP contribution in [0, 0.1) is 12.3 Å². The zero-order valence-corrected chi connectivity index (χ0v) is 11.0. The quantitative estimate of drug-likeness (QED) is 0.640. The summed E-state index contributed by atoms with van der Waals surface area (Å²) < 4.78 is 6.55. The second-order valence-electron chi connectivity index (χ2n) is 3.42. The van der Waals surface area contributed by atoms with Crippen molar-refractivity contribution in [1.82, 2.24) is 5.32 Å². The number of nitrogens with one attached hydrogen (secondary N) is 1. The number of benzene rings is 1. The number of terminal acetylenes is 1. The maximum absolute atomic E-state index is 5.57. The summed E-state index contributed by atoms with van der Waals surface area (Å²) in [5.41, 5.74) is 1.19. The summed E-state index contributed by atoms with van der Waals surface area (Å²) in [4.78, 5) is 0. The van der Waals surface area contributed by atoms with Gasteiger partial charge in [-0.3, -0.25) is 0 Å². The van der Waals surface area contributed by atoms with Crippen molar-refractivity contribution in [2.45, 2.75) is 19.9 Å². The van der Waals surface area contributed by atoms with Crippen LogP contribution in [0.2, 0.25) is 0 Å². The predicted octanol–water partition coefficient (Wildman–Crippen LogP) is 2.96. The smallest absolute Gasteiger partial charge is 0.133 e. The molecule has 86 valence electrons. The van der Waals surface area contributed by atoms with Gasteiger partial charge in [-0.25, -0.2) is 0 Å². The van der Waals surface area contributed by atoms with E-state index >= 15 is 0 Å². The monoisotopic (exact) mass is 281 g/mol. The average molecular weight is 282 g/mol. The molecule has 1 aromatic carbocycles. The second kappa shape index (κ2) is 7.32. The Morgan fingerprint density at radius 2 is 2.31 bits per heavy atom. The van der Waals surface area contributed by atoms with E-state index in [1.54, 1.807) is 0 Å². The maximum Gasteiger partial charge on any atom is 0.133 e. The minimum Gasteiger partial charge on any atom is -0.492 e. The Hall–Kier alpha value is -0.980. The van der Waals surface area contributed by atoms with Crippen molar-refractivity contribution in [3.05, 3.63) is 28.2 Å². The molecule has 0 spiro atoms. The van der Waals surface area contributed by atoms with Crippen LogP contribution in [-0.2, 0) is 6.54 Å². The van der Waals surface area contributed by atoms with E-state index in [9.17, 15) is 0 Å². The van der Waals surface area contributed by atoms with E-state index in [-0.39, 0.29) is 0 Å². The van der Waals surface area contributed by atoms with Crippen LogP contribution in [0.4, 0.5) is 0 Å². The molecule has 0 amide bonds. The van der Waals surface area contributed by atoms with Gasteiger partial charge in [0.2, 0.25) is 0 Å². The van der Waals surface area contributed by atoms with Crippen molar-refractivity contribution in [2.24, 2.45) is 0 Å². The first-order valence-electron chi connectivity index (χ1n) is 5.33. The maximum atomic E-state index is 5.57. The van der Waals surface area contributed by atoms with Crippen LogP contribution in [0.5, 0.6) is 5.75 Å². The minimum atomic E-state index is 0.589. The molecule has 1 aromatic rings. The molecule has 0 heterocycles. The van der Waals surface area contributed by atoms with Crippen LogP contribution in [0.25, 0.3) is 0 Å². The molecule has 16 heavy (non-hydrogen) atoms. The molecule has 0 aromatic heterocycles. The first-order valence-corrected chi connectivity index (χ1v) is 6.12. The number of halogens is 1. The van der Waals surface area contributed by atoms with E-state index in [0.29, 0.717) is 6.54 Å². The molecule has 0 atom stereocenters. The molecule has 0 saturated heterocycles. The fraction of sp³-hybridized carbons (Fsp3) is 0.385. The number of ether oxygens (including phenoxy) is 1. The van der Waals surface area contributed by atoms with Crippen molar-refractivity contribution < 1.29 is 4.74 Å². The summed E-state index contributed by atoms with van der Waals surface area (Å²) in [5, 5.41) is 3.14. The molecule has 0 fully saturated rings. The van der Waals surface area contributed by atoms with E-state index in [1.165, 1.54) is 5.56 Å². The molecular weight excluding hydrogens is 266 g/mol. The third-order valence-electron chi connectivity index (χ3n) is 2.01. The van der Waals surface area contributed by atoms with E-state index in [4.69, 9.17) is 11.2 Å². The van der Waals surface area contributed by atoms with Crippen LogP contribution in [-0.4, -0.2) is 13.2 Å². The molecular formula is C13H16BrNO. The van der Waals surface area contributed by atoms with Gasteiger partial charge < -0.3 is 10.1 Å². The second-order valence-corrected chi connectivity index (χ2v) is 4.28. The Bertz CT molecular complexity index is 371. The fourth-order valence-electron chi connectivity index (χ4n) is 1.26. The number of hydrogen-bond donors (Lipinski definition) is 1. The first kappa shape index (κ1) is 13.1. The lowest BCUT2D eigenvalue weighted by Gasteiger charge is -2.09. The van der Waals surface area contributed by atoms with Gasteiger partial charge in [0.25, 0.3) is 0 Å². The van der Waals surface area contributed by atoms with Crippen molar-refractivity contribution in [1.29, 1.82) is 0 Å². The summed E-state index contributed by atoms with van der Waals surface area (Å²) in [6.45, 7) is 4.20. The SMILES string of the molecule is C#CCNCc1ccc(OCCC)c(Br)c1. The number of hydrogen-bond acceptors (Lipinski definition) is 2. The van der Waals surface area contributed by atoms with Crippen LogP contribution >= 0.6 is 15.9 Å². The highest BCUT2D eigenvalue weighted by atomic mass is 79.9. The van der Waals surface area contributed by atoms with Gasteiger partial charge in [0.05, 0.1) is 17.6 Å². The zero-order chi connectivity index (χ0) is 11.8. The summed E-state index contributed by atoms with van der Waals surface area (Å²) in [6, 6.07) is 6.07. The Morgan fingerprint density at radius 3 is 2.94 bits per heavy atom. The molecule has 0 radical (unpaired) electrons. The molecule has 0 bridgehead atoms. The molecule has 2 nitrogen and oxygen atoms in total. The highest BCUT2D eigenvalue weighted by Crippen LogP contribution is 2.26. The Morgan fingerprint density at radius 1 is 1.50 bits per heavy atom. The number of rotatable bonds is 6. The lowest BCUT2D eigenvalue weighted by atomic mass is 10.2. The third-order valence-corrected chi connectivity index (χ3v) is 2.63. The van der Waals surface area contributed by atoms with Crippen molar-refractivity contribution in [2.75, 3.05) is 13.2 Å². The van der Waals surface area contributed by atoms with E-state index < -0.39 is 0 Å². The topological polar surface area (TPSA) is 21.3 Å². The lowest BCUT2D eigenvalue weighted by molar-refractivity contribution is 0.315.